The molecule has 2 saturated carbocycles. The van der Waals surface area contributed by atoms with Gasteiger partial charge < -0.3 is 15.3 Å². The Hall–Kier alpha value is -1.20. The molecule has 4 aliphatic carbocycles. The third-order valence-corrected chi connectivity index (χ3v) is 12.7. The van der Waals surface area contributed by atoms with Crippen molar-refractivity contribution >= 4 is 11.8 Å². The van der Waals surface area contributed by atoms with Crippen molar-refractivity contribution in [2.45, 2.75) is 119 Å². The second kappa shape index (κ2) is 8.93. The van der Waals surface area contributed by atoms with E-state index in [0.29, 0.717) is 18.8 Å². The molecule has 0 aromatic rings. The van der Waals surface area contributed by atoms with Gasteiger partial charge in [0.2, 0.25) is 0 Å². The molecule has 2 fully saturated rings. The first-order valence-electron chi connectivity index (χ1n) is 14.4. The van der Waals surface area contributed by atoms with Gasteiger partial charge >= 0.3 is 5.97 Å². The average molecular weight is 503 g/mol. The van der Waals surface area contributed by atoms with Crippen molar-refractivity contribution in [3.05, 3.63) is 11.1 Å². The quantitative estimate of drug-likeness (QED) is 0.386. The lowest BCUT2D eigenvalue weighted by Crippen LogP contribution is -2.58. The maximum Gasteiger partial charge on any atom is 0.306 e. The van der Waals surface area contributed by atoms with E-state index in [-0.39, 0.29) is 45.4 Å². The van der Waals surface area contributed by atoms with Crippen molar-refractivity contribution < 1.29 is 24.9 Å². The highest BCUT2D eigenvalue weighted by molar-refractivity contribution is 5.85. The molecule has 4 aliphatic rings. The number of ketones is 1. The number of aliphatic carboxylic acids is 1. The van der Waals surface area contributed by atoms with Crippen molar-refractivity contribution in [3.63, 3.8) is 0 Å². The van der Waals surface area contributed by atoms with E-state index < -0.39 is 23.9 Å². The summed E-state index contributed by atoms with van der Waals surface area (Å²) in [4.78, 5) is 24.5. The number of carbonyl (C=O) groups is 2. The van der Waals surface area contributed by atoms with Crippen LogP contribution in [-0.4, -0.2) is 39.3 Å². The number of rotatable bonds is 6. The summed E-state index contributed by atoms with van der Waals surface area (Å²) in [5.74, 6) is -1.35. The fourth-order valence-electron chi connectivity index (χ4n) is 9.77. The van der Waals surface area contributed by atoms with E-state index in [0.717, 1.165) is 38.5 Å². The summed E-state index contributed by atoms with van der Waals surface area (Å²) in [6, 6.07) is 0. The Bertz CT molecular complexity index is 951. The highest BCUT2D eigenvalue weighted by Crippen LogP contribution is 2.72. The lowest BCUT2D eigenvalue weighted by Gasteiger charge is -2.63. The molecule has 0 radical (unpaired) electrons. The Labute approximate surface area is 218 Å². The molecule has 0 saturated heterocycles. The van der Waals surface area contributed by atoms with Crippen LogP contribution in [0.5, 0.6) is 0 Å². The molecule has 5 nitrogen and oxygen atoms in total. The minimum absolute atomic E-state index is 0.0176. The highest BCUT2D eigenvalue weighted by Gasteiger charge is 2.66. The molecular weight excluding hydrogens is 452 g/mol. The summed E-state index contributed by atoms with van der Waals surface area (Å²) in [5, 5.41) is 32.1. The van der Waals surface area contributed by atoms with Gasteiger partial charge in [0, 0.05) is 17.8 Å². The van der Waals surface area contributed by atoms with Gasteiger partial charge in [0.1, 0.15) is 5.78 Å². The van der Waals surface area contributed by atoms with E-state index in [2.05, 4.69) is 41.5 Å². The highest BCUT2D eigenvalue weighted by atomic mass is 16.4. The van der Waals surface area contributed by atoms with Crippen LogP contribution in [0.2, 0.25) is 0 Å². The van der Waals surface area contributed by atoms with Gasteiger partial charge in [-0.3, -0.25) is 9.59 Å². The van der Waals surface area contributed by atoms with Crippen LogP contribution in [0.1, 0.15) is 107 Å². The van der Waals surface area contributed by atoms with Crippen molar-refractivity contribution in [3.8, 4) is 0 Å². The Morgan fingerprint density at radius 2 is 1.53 bits per heavy atom. The summed E-state index contributed by atoms with van der Waals surface area (Å²) < 4.78 is 0. The summed E-state index contributed by atoms with van der Waals surface area (Å²) in [7, 11) is 0. The topological polar surface area (TPSA) is 94.8 Å². The third kappa shape index (κ3) is 3.69. The maximum atomic E-state index is 13.0. The van der Waals surface area contributed by atoms with Crippen LogP contribution < -0.4 is 0 Å². The number of hydrogen-bond acceptors (Lipinski definition) is 4. The smallest absolute Gasteiger partial charge is 0.306 e. The van der Waals surface area contributed by atoms with Crippen LogP contribution in [0.4, 0.5) is 0 Å². The summed E-state index contributed by atoms with van der Waals surface area (Å²) in [6.07, 6.45) is 6.27. The van der Waals surface area contributed by atoms with Crippen molar-refractivity contribution in [1.82, 2.24) is 0 Å². The van der Waals surface area contributed by atoms with E-state index in [9.17, 15) is 24.9 Å². The van der Waals surface area contributed by atoms with E-state index in [1.54, 1.807) is 19.4 Å². The van der Waals surface area contributed by atoms with Crippen molar-refractivity contribution in [2.75, 3.05) is 0 Å². The molecular formula is C31H50O5. The number of carbonyl (C=O) groups excluding carboxylic acids is 1. The Balaban J connectivity index is 1.65. The largest absolute Gasteiger partial charge is 0.481 e. The summed E-state index contributed by atoms with van der Waals surface area (Å²) in [5.41, 5.74) is 2.52. The molecule has 3 N–H and O–H groups in total. The molecule has 5 heteroatoms. The minimum atomic E-state index is -0.923. The normalized spacial score (nSPS) is 44.2. The molecule has 0 spiro atoms. The second-order valence-corrected chi connectivity index (χ2v) is 14.4. The molecule has 0 amide bonds. The van der Waals surface area contributed by atoms with Gasteiger partial charge in [0.05, 0.1) is 18.1 Å². The molecule has 0 aromatic carbocycles. The Morgan fingerprint density at radius 3 is 2.14 bits per heavy atom. The summed E-state index contributed by atoms with van der Waals surface area (Å²) >= 11 is 0. The van der Waals surface area contributed by atoms with E-state index in [1.807, 2.05) is 0 Å². The van der Waals surface area contributed by atoms with Gasteiger partial charge in [0.25, 0.3) is 0 Å². The van der Waals surface area contributed by atoms with E-state index in [4.69, 9.17) is 0 Å². The number of fused-ring (bicyclic) bond motifs is 4. The molecule has 10 atom stereocenters. The monoisotopic (exact) mass is 502 g/mol. The van der Waals surface area contributed by atoms with Crippen LogP contribution in [0.15, 0.2) is 11.1 Å². The molecule has 4 rings (SSSR count). The van der Waals surface area contributed by atoms with Gasteiger partial charge in [-0.05, 0) is 78.9 Å². The fraction of sp³-hybridized carbons (Fsp3) is 0.871. The zero-order valence-electron chi connectivity index (χ0n) is 23.9. The van der Waals surface area contributed by atoms with Crippen LogP contribution in [-0.2, 0) is 9.59 Å². The van der Waals surface area contributed by atoms with Crippen LogP contribution >= 0.6 is 0 Å². The lowest BCUT2D eigenvalue weighted by molar-refractivity contribution is -0.146. The van der Waals surface area contributed by atoms with Crippen LogP contribution in [0, 0.1) is 51.2 Å². The second-order valence-electron chi connectivity index (χ2n) is 14.4. The summed E-state index contributed by atoms with van der Waals surface area (Å²) in [6.45, 7) is 17.0. The van der Waals surface area contributed by atoms with E-state index >= 15 is 0 Å². The number of hydrogen-bond donors (Lipinski definition) is 3. The SMILES string of the molecule is CC(C(=O)O)[C@@H](C)C(=O)C[C@@H](C)[C@H]1CC[C@@]2(C)C3=C(C[C@@H](O)[C@]12C)[C@@]1(C)CC[C@H](O)C(C)(C)[C@@H]1CC3. The van der Waals surface area contributed by atoms with Crippen LogP contribution in [0.25, 0.3) is 0 Å². The van der Waals surface area contributed by atoms with Gasteiger partial charge in [0.15, 0.2) is 0 Å². The van der Waals surface area contributed by atoms with Gasteiger partial charge in [-0.2, -0.15) is 0 Å². The number of aliphatic hydroxyl groups is 2. The molecule has 0 heterocycles. The first-order chi connectivity index (χ1) is 16.5. The first-order valence-corrected chi connectivity index (χ1v) is 14.4. The average Bonchev–Trinajstić information content (AvgIpc) is 3.09. The zero-order chi connectivity index (χ0) is 27.0. The standard InChI is InChI=1S/C31H50O5/c1-17(15-23(32)18(2)19(3)27(35)36)20-11-14-30(7)21-9-10-24-28(4,5)25(33)12-13-29(24,6)22(21)16-26(34)31(20,30)8/h17-20,24-26,33-34H,9-16H2,1-8H3,(H,35,36)/t17-,18-,19?,20-,24+,25+,26-,29-,30+,31+/m1/s1. The van der Waals surface area contributed by atoms with E-state index in [1.165, 1.54) is 5.57 Å². The molecule has 36 heavy (non-hydrogen) atoms. The number of allylic oxidation sites excluding steroid dienone is 1. The Kier molecular flexibility index (Phi) is 6.90. The molecule has 0 aromatic heterocycles. The molecule has 0 aliphatic heterocycles. The maximum absolute atomic E-state index is 13.0. The number of Topliss-reactive ketones (excluding diaryl/α,β-unsaturated/α-hetero) is 1. The number of carboxylic acids is 1. The van der Waals surface area contributed by atoms with Gasteiger partial charge in [-0.1, -0.05) is 66.5 Å². The Morgan fingerprint density at radius 1 is 0.889 bits per heavy atom. The molecule has 204 valence electrons. The van der Waals surface area contributed by atoms with Crippen LogP contribution in [0.3, 0.4) is 0 Å². The van der Waals surface area contributed by atoms with Gasteiger partial charge in [-0.25, -0.2) is 0 Å². The number of aliphatic hydroxyl groups excluding tert-OH is 2. The predicted molar refractivity (Wildman–Crippen MR) is 141 cm³/mol. The predicted octanol–water partition coefficient (Wildman–Crippen LogP) is 6.02. The van der Waals surface area contributed by atoms with Crippen molar-refractivity contribution in [1.29, 1.82) is 0 Å². The minimum Gasteiger partial charge on any atom is -0.481 e. The lowest BCUT2D eigenvalue weighted by atomic mass is 9.42. The molecule has 1 unspecified atom stereocenters. The third-order valence-electron chi connectivity index (χ3n) is 12.7. The zero-order valence-corrected chi connectivity index (χ0v) is 23.9. The first kappa shape index (κ1) is 27.8. The number of carboxylic acid groups (broad SMARTS) is 1. The van der Waals surface area contributed by atoms with Crippen molar-refractivity contribution in [2.24, 2.45) is 51.2 Å². The fourth-order valence-corrected chi connectivity index (χ4v) is 9.77. The van der Waals surface area contributed by atoms with Gasteiger partial charge in [-0.15, -0.1) is 0 Å². The molecule has 0 bridgehead atoms.